The second-order valence-electron chi connectivity index (χ2n) is 11.8. The van der Waals surface area contributed by atoms with Crippen molar-refractivity contribution in [2.75, 3.05) is 0 Å². The van der Waals surface area contributed by atoms with E-state index >= 15 is 0 Å². The summed E-state index contributed by atoms with van der Waals surface area (Å²) in [6.07, 6.45) is 8.83. The molecular formula is C41H54Si2. The molecular weight excluding hydrogens is 549 g/mol. The lowest BCUT2D eigenvalue weighted by Crippen LogP contribution is -2.58. The van der Waals surface area contributed by atoms with Crippen molar-refractivity contribution in [2.24, 2.45) is 0 Å². The summed E-state index contributed by atoms with van der Waals surface area (Å²) in [7, 11) is -2.23. The molecule has 0 fully saturated rings. The van der Waals surface area contributed by atoms with Crippen LogP contribution < -0.4 is 20.7 Å². The molecule has 0 unspecified atom stereocenters. The summed E-state index contributed by atoms with van der Waals surface area (Å²) in [5, 5.41) is 6.92. The van der Waals surface area contributed by atoms with Crippen LogP contribution >= 0.6 is 0 Å². The molecule has 0 saturated heterocycles. The topological polar surface area (TPSA) is 0 Å². The molecule has 0 amide bonds. The van der Waals surface area contributed by atoms with Gasteiger partial charge in [-0.15, -0.1) is 0 Å². The van der Waals surface area contributed by atoms with E-state index in [9.17, 15) is 0 Å². The maximum atomic E-state index is 2.45. The minimum absolute atomic E-state index is 1.10. The van der Waals surface area contributed by atoms with Gasteiger partial charge in [-0.3, -0.25) is 0 Å². The predicted molar refractivity (Wildman–Crippen MR) is 196 cm³/mol. The van der Waals surface area contributed by atoms with E-state index in [1.807, 2.05) is 0 Å². The minimum atomic E-state index is -1.11. The highest BCUT2D eigenvalue weighted by Gasteiger charge is 2.34. The van der Waals surface area contributed by atoms with Crippen molar-refractivity contribution < 1.29 is 0 Å². The third-order valence-electron chi connectivity index (χ3n) is 9.56. The van der Waals surface area contributed by atoms with Crippen molar-refractivity contribution in [3.05, 3.63) is 117 Å². The van der Waals surface area contributed by atoms with Crippen molar-refractivity contribution in [3.63, 3.8) is 0 Å². The summed E-state index contributed by atoms with van der Waals surface area (Å²) < 4.78 is 0. The molecule has 2 heteroatoms. The van der Waals surface area contributed by atoms with Crippen LogP contribution in [0.25, 0.3) is 0 Å². The second kappa shape index (κ2) is 15.9. The standard InChI is InChI=1S/C41H54Si2/c1-9-30-21-17-22-31(10-2)38(30)42(39-32(11-3)23-18-24-33(39)12-4)29-43(40-34(13-5)25-19-26-35(40)14-6)41-36(15-7)27-20-28-37(41)16-8/h17-28H,9-16,29H2,1-8H3. The van der Waals surface area contributed by atoms with Crippen LogP contribution in [-0.2, 0) is 51.4 Å². The van der Waals surface area contributed by atoms with Gasteiger partial charge in [0.15, 0.2) is 0 Å². The molecule has 2 radical (unpaired) electrons. The molecule has 0 aliphatic carbocycles. The first-order chi connectivity index (χ1) is 21.0. The van der Waals surface area contributed by atoms with Crippen LogP contribution in [0.5, 0.6) is 0 Å². The van der Waals surface area contributed by atoms with Crippen molar-refractivity contribution >= 4 is 38.3 Å². The SMILES string of the molecule is CCc1cccc(CC)c1[Si](C[Si](c1c(CC)cccc1CC)c1c(CC)cccc1CC)c1c(CC)cccc1CC. The van der Waals surface area contributed by atoms with Crippen LogP contribution in [0.2, 0.25) is 5.67 Å². The van der Waals surface area contributed by atoms with Gasteiger partial charge >= 0.3 is 0 Å². The smallest absolute Gasteiger partial charge is 0.0617 e. The average Bonchev–Trinajstić information content (AvgIpc) is 3.07. The van der Waals surface area contributed by atoms with Crippen molar-refractivity contribution in [1.29, 1.82) is 0 Å². The third kappa shape index (κ3) is 6.86. The molecule has 0 nitrogen and oxygen atoms in total. The lowest BCUT2D eigenvalue weighted by atomic mass is 10.1. The van der Waals surface area contributed by atoms with Crippen LogP contribution in [0.3, 0.4) is 0 Å². The highest BCUT2D eigenvalue weighted by Crippen LogP contribution is 2.20. The van der Waals surface area contributed by atoms with Crippen LogP contribution in [0.15, 0.2) is 72.8 Å². The number of hydrogen-bond acceptors (Lipinski definition) is 0. The fourth-order valence-corrected chi connectivity index (χ4v) is 17.2. The minimum Gasteiger partial charge on any atom is -0.0617 e. The maximum absolute atomic E-state index is 2.45. The molecule has 0 aliphatic rings. The van der Waals surface area contributed by atoms with Crippen LogP contribution in [0.4, 0.5) is 0 Å². The molecule has 0 bridgehead atoms. The zero-order valence-corrected chi connectivity index (χ0v) is 30.3. The first-order valence-electron chi connectivity index (χ1n) is 17.2. The van der Waals surface area contributed by atoms with Crippen LogP contribution in [0.1, 0.15) is 99.9 Å². The van der Waals surface area contributed by atoms with E-state index in [2.05, 4.69) is 128 Å². The van der Waals surface area contributed by atoms with Gasteiger partial charge in [0.2, 0.25) is 0 Å². The van der Waals surface area contributed by atoms with E-state index in [1.165, 1.54) is 5.67 Å². The van der Waals surface area contributed by atoms with E-state index in [4.69, 9.17) is 0 Å². The van der Waals surface area contributed by atoms with Gasteiger partial charge in [-0.2, -0.15) is 0 Å². The highest BCUT2D eigenvalue weighted by molar-refractivity contribution is 7.01. The quantitative estimate of drug-likeness (QED) is 0.130. The van der Waals surface area contributed by atoms with E-state index in [0.717, 1.165) is 51.4 Å². The normalized spacial score (nSPS) is 11.6. The molecule has 226 valence electrons. The lowest BCUT2D eigenvalue weighted by Gasteiger charge is -2.32. The van der Waals surface area contributed by atoms with Gasteiger partial charge in [-0.25, -0.2) is 0 Å². The van der Waals surface area contributed by atoms with Gasteiger partial charge in [0.25, 0.3) is 0 Å². The first kappa shape index (κ1) is 33.2. The molecule has 4 rings (SSSR count). The first-order valence-corrected chi connectivity index (χ1v) is 20.6. The van der Waals surface area contributed by atoms with Crippen molar-refractivity contribution in [2.45, 2.75) is 112 Å². The Balaban J connectivity index is 2.15. The van der Waals surface area contributed by atoms with E-state index < -0.39 is 17.6 Å². The zero-order chi connectivity index (χ0) is 30.9. The third-order valence-corrected chi connectivity index (χ3v) is 17.4. The van der Waals surface area contributed by atoms with Gasteiger partial charge in [-0.05, 0) is 122 Å². The summed E-state index contributed by atoms with van der Waals surface area (Å²) in [4.78, 5) is 0. The van der Waals surface area contributed by atoms with Crippen LogP contribution in [0, 0.1) is 0 Å². The van der Waals surface area contributed by atoms with Crippen LogP contribution in [-0.4, -0.2) is 17.6 Å². The average molecular weight is 603 g/mol. The summed E-state index contributed by atoms with van der Waals surface area (Å²) in [5.74, 6) is 0. The number of aryl methyl sites for hydroxylation is 8. The molecule has 0 saturated carbocycles. The zero-order valence-electron chi connectivity index (χ0n) is 28.3. The van der Waals surface area contributed by atoms with Crippen molar-refractivity contribution in [1.82, 2.24) is 0 Å². The van der Waals surface area contributed by atoms with E-state index in [0.29, 0.717) is 0 Å². The molecule has 0 N–H and O–H groups in total. The number of rotatable bonds is 14. The monoisotopic (exact) mass is 602 g/mol. The largest absolute Gasteiger partial charge is 0.120 e. The van der Waals surface area contributed by atoms with Gasteiger partial charge in [0, 0.05) is 0 Å². The molecule has 0 aromatic heterocycles. The number of benzene rings is 4. The van der Waals surface area contributed by atoms with Gasteiger partial charge in [0.05, 0.1) is 0 Å². The molecule has 0 atom stereocenters. The van der Waals surface area contributed by atoms with E-state index in [-0.39, 0.29) is 0 Å². The molecule has 43 heavy (non-hydrogen) atoms. The van der Waals surface area contributed by atoms with E-state index in [1.54, 1.807) is 65.3 Å². The molecule has 4 aromatic rings. The van der Waals surface area contributed by atoms with Crippen molar-refractivity contribution in [3.8, 4) is 0 Å². The van der Waals surface area contributed by atoms with Gasteiger partial charge < -0.3 is 0 Å². The fraction of sp³-hybridized carbons (Fsp3) is 0.415. The Morgan fingerprint density at radius 1 is 0.302 bits per heavy atom. The Labute approximate surface area is 267 Å². The maximum Gasteiger partial charge on any atom is 0.120 e. The Bertz CT molecular complexity index is 1190. The van der Waals surface area contributed by atoms with Gasteiger partial charge in [-0.1, -0.05) is 128 Å². The van der Waals surface area contributed by atoms with Gasteiger partial charge in [0.1, 0.15) is 17.6 Å². The Hall–Kier alpha value is -2.69. The number of hydrogen-bond donors (Lipinski definition) is 0. The lowest BCUT2D eigenvalue weighted by molar-refractivity contribution is 1.09. The fourth-order valence-electron chi connectivity index (χ4n) is 7.30. The Kier molecular flexibility index (Phi) is 12.3. The molecule has 0 heterocycles. The highest BCUT2D eigenvalue weighted by atomic mass is 28.3. The molecule has 0 aliphatic heterocycles. The predicted octanol–water partition coefficient (Wildman–Crippen LogP) is 7.64. The second-order valence-corrected chi connectivity index (χ2v) is 17.1. The summed E-state index contributed by atoms with van der Waals surface area (Å²) in [5.41, 5.74) is 14.0. The molecule has 0 spiro atoms. The Morgan fingerprint density at radius 2 is 0.465 bits per heavy atom. The Morgan fingerprint density at radius 3 is 0.605 bits per heavy atom. The summed E-state index contributed by atoms with van der Waals surface area (Å²) in [6.45, 7) is 19.0. The summed E-state index contributed by atoms with van der Waals surface area (Å²) in [6, 6.07) is 28.8. The summed E-state index contributed by atoms with van der Waals surface area (Å²) >= 11 is 0. The molecule has 4 aromatic carbocycles.